The summed E-state index contributed by atoms with van der Waals surface area (Å²) in [4.78, 5) is 20.6. The van der Waals surface area contributed by atoms with Gasteiger partial charge in [0.05, 0.1) is 11.3 Å². The number of carbonyl (C=O) groups excluding carboxylic acids is 1. The summed E-state index contributed by atoms with van der Waals surface area (Å²) in [7, 11) is 0. The first-order valence-electron chi connectivity index (χ1n) is 7.70. The molecule has 0 atom stereocenters. The van der Waals surface area contributed by atoms with Crippen molar-refractivity contribution in [3.63, 3.8) is 0 Å². The Balaban J connectivity index is 1.63. The van der Waals surface area contributed by atoms with E-state index in [2.05, 4.69) is 25.5 Å². The van der Waals surface area contributed by atoms with E-state index in [1.807, 2.05) is 32.0 Å². The zero-order valence-electron chi connectivity index (χ0n) is 13.5. The Labute approximate surface area is 138 Å². The first-order chi connectivity index (χ1) is 11.6. The number of nitrogens with zero attached hydrogens (tertiary/aromatic N) is 5. The summed E-state index contributed by atoms with van der Waals surface area (Å²) < 4.78 is 6.70. The fraction of sp³-hybridized carbons (Fsp3) is 0.312. The van der Waals surface area contributed by atoms with Crippen LogP contribution in [0.3, 0.4) is 0 Å². The van der Waals surface area contributed by atoms with E-state index in [1.165, 1.54) is 6.33 Å². The van der Waals surface area contributed by atoms with Crippen molar-refractivity contribution in [2.24, 2.45) is 0 Å². The van der Waals surface area contributed by atoms with Crippen LogP contribution in [0.25, 0.3) is 5.69 Å². The van der Waals surface area contributed by atoms with E-state index < -0.39 is 0 Å². The molecule has 1 amide bonds. The molecular formula is C16H18N6O2. The van der Waals surface area contributed by atoms with Crippen LogP contribution >= 0.6 is 0 Å². The van der Waals surface area contributed by atoms with Crippen molar-refractivity contribution in [3.05, 3.63) is 54.2 Å². The molecule has 8 heteroatoms. The minimum atomic E-state index is -0.186. The lowest BCUT2D eigenvalue weighted by molar-refractivity contribution is 0.0953. The molecule has 2 aromatic heterocycles. The van der Waals surface area contributed by atoms with Crippen LogP contribution in [0.1, 0.15) is 41.8 Å². The Bertz CT molecular complexity index is 810. The van der Waals surface area contributed by atoms with Gasteiger partial charge in [-0.25, -0.2) is 9.67 Å². The van der Waals surface area contributed by atoms with E-state index in [4.69, 9.17) is 4.52 Å². The number of para-hydroxylation sites is 1. The van der Waals surface area contributed by atoms with Gasteiger partial charge in [0.1, 0.15) is 12.7 Å². The molecule has 2 heterocycles. The predicted molar refractivity (Wildman–Crippen MR) is 85.8 cm³/mol. The summed E-state index contributed by atoms with van der Waals surface area (Å²) in [6, 6.07) is 7.22. The fourth-order valence-corrected chi connectivity index (χ4v) is 2.18. The zero-order valence-corrected chi connectivity index (χ0v) is 13.5. The van der Waals surface area contributed by atoms with Crippen molar-refractivity contribution in [2.45, 2.75) is 26.2 Å². The lowest BCUT2D eigenvalue weighted by Gasteiger charge is -2.09. The largest absolute Gasteiger partial charge is 0.352 e. The van der Waals surface area contributed by atoms with Crippen molar-refractivity contribution in [3.8, 4) is 5.69 Å². The summed E-state index contributed by atoms with van der Waals surface area (Å²) in [6.07, 6.45) is 3.49. The second-order valence-electron chi connectivity index (χ2n) is 5.57. The predicted octanol–water partition coefficient (Wildman–Crippen LogP) is 1.75. The van der Waals surface area contributed by atoms with Gasteiger partial charge < -0.3 is 9.84 Å². The van der Waals surface area contributed by atoms with Gasteiger partial charge in [0, 0.05) is 18.9 Å². The molecule has 0 bridgehead atoms. The van der Waals surface area contributed by atoms with Gasteiger partial charge in [0.2, 0.25) is 5.89 Å². The summed E-state index contributed by atoms with van der Waals surface area (Å²) in [5.74, 6) is 1.19. The quantitative estimate of drug-likeness (QED) is 0.741. The first-order valence-corrected chi connectivity index (χ1v) is 7.70. The van der Waals surface area contributed by atoms with Gasteiger partial charge in [-0.2, -0.15) is 10.1 Å². The molecule has 8 nitrogen and oxygen atoms in total. The Morgan fingerprint density at radius 3 is 2.88 bits per heavy atom. The average Bonchev–Trinajstić information content (AvgIpc) is 3.26. The fourth-order valence-electron chi connectivity index (χ4n) is 2.18. The molecule has 124 valence electrons. The average molecular weight is 326 g/mol. The summed E-state index contributed by atoms with van der Waals surface area (Å²) in [5, 5.41) is 10.8. The van der Waals surface area contributed by atoms with Gasteiger partial charge in [-0.15, -0.1) is 0 Å². The Morgan fingerprint density at radius 2 is 2.17 bits per heavy atom. The van der Waals surface area contributed by atoms with Crippen LogP contribution in [0.15, 0.2) is 41.4 Å². The molecule has 1 aromatic carbocycles. The molecule has 0 spiro atoms. The normalized spacial score (nSPS) is 11.0. The Morgan fingerprint density at radius 1 is 1.33 bits per heavy atom. The number of aromatic nitrogens is 5. The highest BCUT2D eigenvalue weighted by Gasteiger charge is 2.14. The van der Waals surface area contributed by atoms with Crippen LogP contribution in [0, 0.1) is 0 Å². The standard InChI is InChI=1S/C16H18N6O2/c1-11(2)16-20-14(21-24-16)7-8-18-15(23)12-5-3-4-6-13(12)22-10-17-9-19-22/h3-6,9-11H,7-8H2,1-2H3,(H,18,23). The smallest absolute Gasteiger partial charge is 0.253 e. The van der Waals surface area contributed by atoms with Crippen molar-refractivity contribution >= 4 is 5.91 Å². The van der Waals surface area contributed by atoms with Crippen LogP contribution < -0.4 is 5.32 Å². The molecule has 0 fully saturated rings. The summed E-state index contributed by atoms with van der Waals surface area (Å²) in [5.41, 5.74) is 1.20. The van der Waals surface area contributed by atoms with Crippen LogP contribution in [-0.4, -0.2) is 37.4 Å². The van der Waals surface area contributed by atoms with E-state index in [-0.39, 0.29) is 11.8 Å². The van der Waals surface area contributed by atoms with Crippen LogP contribution in [0.2, 0.25) is 0 Å². The van der Waals surface area contributed by atoms with Crippen LogP contribution in [0.5, 0.6) is 0 Å². The molecule has 0 radical (unpaired) electrons. The summed E-state index contributed by atoms with van der Waals surface area (Å²) >= 11 is 0. The lowest BCUT2D eigenvalue weighted by atomic mass is 10.1. The monoisotopic (exact) mass is 326 g/mol. The van der Waals surface area contributed by atoms with Gasteiger partial charge in [-0.05, 0) is 12.1 Å². The van der Waals surface area contributed by atoms with Crippen molar-refractivity contribution < 1.29 is 9.32 Å². The zero-order chi connectivity index (χ0) is 16.9. The molecule has 0 unspecified atom stereocenters. The molecule has 3 rings (SSSR count). The second-order valence-corrected chi connectivity index (χ2v) is 5.57. The number of hydrogen-bond donors (Lipinski definition) is 1. The van der Waals surface area contributed by atoms with Gasteiger partial charge in [0.25, 0.3) is 5.91 Å². The van der Waals surface area contributed by atoms with Crippen molar-refractivity contribution in [1.29, 1.82) is 0 Å². The topological polar surface area (TPSA) is 98.7 Å². The van der Waals surface area contributed by atoms with Crippen LogP contribution in [0.4, 0.5) is 0 Å². The van der Waals surface area contributed by atoms with Gasteiger partial charge >= 0.3 is 0 Å². The number of nitrogens with one attached hydrogen (secondary N) is 1. The van der Waals surface area contributed by atoms with E-state index in [1.54, 1.807) is 17.1 Å². The van der Waals surface area contributed by atoms with Gasteiger partial charge in [0.15, 0.2) is 5.82 Å². The molecule has 1 N–H and O–H groups in total. The maximum atomic E-state index is 12.4. The molecule has 0 saturated carbocycles. The third-order valence-corrected chi connectivity index (χ3v) is 3.43. The number of rotatable bonds is 6. The highest BCUT2D eigenvalue weighted by Crippen LogP contribution is 2.13. The molecule has 0 aliphatic rings. The minimum absolute atomic E-state index is 0.186. The van der Waals surface area contributed by atoms with E-state index >= 15 is 0 Å². The number of hydrogen-bond acceptors (Lipinski definition) is 6. The molecule has 0 aliphatic heterocycles. The highest BCUT2D eigenvalue weighted by atomic mass is 16.5. The Kier molecular flexibility index (Phi) is 4.64. The van der Waals surface area contributed by atoms with Gasteiger partial charge in [-0.1, -0.05) is 31.1 Å². The van der Waals surface area contributed by atoms with E-state index in [0.29, 0.717) is 35.9 Å². The van der Waals surface area contributed by atoms with E-state index in [0.717, 1.165) is 0 Å². The van der Waals surface area contributed by atoms with Gasteiger partial charge in [-0.3, -0.25) is 4.79 Å². The molecule has 3 aromatic rings. The molecule has 0 saturated heterocycles. The second kappa shape index (κ2) is 7.03. The highest BCUT2D eigenvalue weighted by molar-refractivity contribution is 5.97. The third-order valence-electron chi connectivity index (χ3n) is 3.43. The SMILES string of the molecule is CC(C)c1nc(CCNC(=O)c2ccccc2-n2cncn2)no1. The third kappa shape index (κ3) is 3.48. The number of amides is 1. The van der Waals surface area contributed by atoms with Crippen molar-refractivity contribution in [2.75, 3.05) is 6.54 Å². The summed E-state index contributed by atoms with van der Waals surface area (Å²) in [6.45, 7) is 4.39. The lowest BCUT2D eigenvalue weighted by Crippen LogP contribution is -2.27. The Hall–Kier alpha value is -3.03. The molecular weight excluding hydrogens is 308 g/mol. The molecule has 0 aliphatic carbocycles. The number of benzene rings is 1. The maximum absolute atomic E-state index is 12.4. The minimum Gasteiger partial charge on any atom is -0.352 e. The van der Waals surface area contributed by atoms with Crippen LogP contribution in [-0.2, 0) is 6.42 Å². The number of carbonyl (C=O) groups is 1. The maximum Gasteiger partial charge on any atom is 0.253 e. The molecule has 24 heavy (non-hydrogen) atoms. The first kappa shape index (κ1) is 15.9. The van der Waals surface area contributed by atoms with Crippen molar-refractivity contribution in [1.82, 2.24) is 30.2 Å². The van der Waals surface area contributed by atoms with E-state index in [9.17, 15) is 4.79 Å².